The van der Waals surface area contributed by atoms with Crippen molar-refractivity contribution in [1.29, 1.82) is 0 Å². The van der Waals surface area contributed by atoms with Gasteiger partial charge in [0.1, 0.15) is 0 Å². The van der Waals surface area contributed by atoms with Gasteiger partial charge in [0.25, 0.3) is 0 Å². The van der Waals surface area contributed by atoms with E-state index >= 15 is 0 Å². The smallest absolute Gasteiger partial charge is 0.0924 e. The predicted molar refractivity (Wildman–Crippen MR) is 64.0 cm³/mol. The molecule has 4 heteroatoms. The van der Waals surface area contributed by atoms with Crippen LogP contribution in [0.3, 0.4) is 0 Å². The molecule has 0 bridgehead atoms. The second-order valence-electron chi connectivity index (χ2n) is 3.94. The van der Waals surface area contributed by atoms with Crippen molar-refractivity contribution in [1.82, 2.24) is 10.2 Å². The summed E-state index contributed by atoms with van der Waals surface area (Å²) < 4.78 is 5.12. The first-order valence-electron chi connectivity index (χ1n) is 5.47. The van der Waals surface area contributed by atoms with Crippen LogP contribution in [0.1, 0.15) is 30.6 Å². The van der Waals surface area contributed by atoms with E-state index in [4.69, 9.17) is 10.5 Å². The van der Waals surface area contributed by atoms with E-state index in [0.717, 1.165) is 28.6 Å². The van der Waals surface area contributed by atoms with E-state index in [-0.39, 0.29) is 6.04 Å². The Balaban J connectivity index is 2.47. The topological polar surface area (TPSA) is 63.9 Å². The van der Waals surface area contributed by atoms with E-state index in [9.17, 15) is 0 Å². The molecule has 1 unspecified atom stereocenters. The van der Waals surface area contributed by atoms with Gasteiger partial charge in [-0.3, -0.25) is 5.10 Å². The van der Waals surface area contributed by atoms with Crippen molar-refractivity contribution in [3.63, 3.8) is 0 Å². The summed E-state index contributed by atoms with van der Waals surface area (Å²) in [7, 11) is 1.69. The van der Waals surface area contributed by atoms with Gasteiger partial charge in [0.2, 0.25) is 0 Å². The molecule has 0 fully saturated rings. The van der Waals surface area contributed by atoms with Crippen LogP contribution in [-0.2, 0) is 11.3 Å². The van der Waals surface area contributed by atoms with Crippen molar-refractivity contribution in [3.8, 4) is 0 Å². The first-order valence-corrected chi connectivity index (χ1v) is 5.47. The van der Waals surface area contributed by atoms with Gasteiger partial charge >= 0.3 is 0 Å². The van der Waals surface area contributed by atoms with E-state index in [2.05, 4.69) is 23.2 Å². The molecule has 0 aliphatic rings. The van der Waals surface area contributed by atoms with Gasteiger partial charge in [-0.1, -0.05) is 13.0 Å². The summed E-state index contributed by atoms with van der Waals surface area (Å²) in [4.78, 5) is 0. The minimum absolute atomic E-state index is 0.0165. The molecule has 16 heavy (non-hydrogen) atoms. The maximum absolute atomic E-state index is 6.03. The zero-order chi connectivity index (χ0) is 11.5. The highest BCUT2D eigenvalue weighted by Gasteiger charge is 2.11. The Bertz CT molecular complexity index is 478. The van der Waals surface area contributed by atoms with Gasteiger partial charge in [0.05, 0.1) is 17.8 Å². The third-order valence-corrected chi connectivity index (χ3v) is 2.77. The van der Waals surface area contributed by atoms with Crippen molar-refractivity contribution >= 4 is 10.9 Å². The second-order valence-corrected chi connectivity index (χ2v) is 3.94. The Kier molecular flexibility index (Phi) is 3.22. The average molecular weight is 219 g/mol. The number of ether oxygens (including phenoxy) is 1. The molecule has 2 aromatic rings. The van der Waals surface area contributed by atoms with E-state index < -0.39 is 0 Å². The maximum Gasteiger partial charge on any atom is 0.0924 e. The highest BCUT2D eigenvalue weighted by molar-refractivity contribution is 5.82. The molecule has 2 rings (SSSR count). The Morgan fingerprint density at radius 3 is 3.00 bits per heavy atom. The second kappa shape index (κ2) is 4.63. The summed E-state index contributed by atoms with van der Waals surface area (Å²) in [5.74, 6) is 0. The van der Waals surface area contributed by atoms with Gasteiger partial charge in [0.15, 0.2) is 0 Å². The number of benzene rings is 1. The molecule has 0 saturated carbocycles. The van der Waals surface area contributed by atoms with Crippen LogP contribution in [0.2, 0.25) is 0 Å². The highest BCUT2D eigenvalue weighted by atomic mass is 16.5. The van der Waals surface area contributed by atoms with E-state index in [1.807, 2.05) is 12.1 Å². The SMILES string of the molecule is CCC(N)c1[nH]nc2ccc(COC)cc12. The van der Waals surface area contributed by atoms with Crippen LogP contribution in [0.5, 0.6) is 0 Å². The number of nitrogens with two attached hydrogens (primary N) is 1. The fourth-order valence-electron chi connectivity index (χ4n) is 1.82. The standard InChI is InChI=1S/C12H17N3O/c1-3-10(13)12-9-6-8(7-16-2)4-5-11(9)14-15-12/h4-6,10H,3,7,13H2,1-2H3,(H,14,15). The minimum Gasteiger partial charge on any atom is -0.380 e. The third-order valence-electron chi connectivity index (χ3n) is 2.77. The van der Waals surface area contributed by atoms with Crippen LogP contribution in [0, 0.1) is 0 Å². The van der Waals surface area contributed by atoms with Gasteiger partial charge < -0.3 is 10.5 Å². The molecule has 1 aromatic heterocycles. The summed E-state index contributed by atoms with van der Waals surface area (Å²) in [5, 5.41) is 8.36. The summed E-state index contributed by atoms with van der Waals surface area (Å²) >= 11 is 0. The first kappa shape index (κ1) is 11.1. The van der Waals surface area contributed by atoms with Gasteiger partial charge in [0, 0.05) is 18.5 Å². The molecule has 0 radical (unpaired) electrons. The monoisotopic (exact) mass is 219 g/mol. The van der Waals surface area contributed by atoms with Crippen LogP contribution in [0.25, 0.3) is 10.9 Å². The molecule has 3 N–H and O–H groups in total. The highest BCUT2D eigenvalue weighted by Crippen LogP contribution is 2.23. The summed E-state index contributed by atoms with van der Waals surface area (Å²) in [5.41, 5.74) is 9.13. The number of nitrogens with one attached hydrogen (secondary N) is 1. The molecule has 1 aromatic carbocycles. The Morgan fingerprint density at radius 1 is 1.50 bits per heavy atom. The minimum atomic E-state index is 0.0165. The number of methoxy groups -OCH3 is 1. The number of hydrogen-bond acceptors (Lipinski definition) is 3. The van der Waals surface area contributed by atoms with Crippen molar-refractivity contribution in [2.24, 2.45) is 5.73 Å². The number of aromatic amines is 1. The summed E-state index contributed by atoms with van der Waals surface area (Å²) in [6.45, 7) is 2.68. The van der Waals surface area contributed by atoms with Crippen molar-refractivity contribution < 1.29 is 4.74 Å². The molecule has 0 aliphatic heterocycles. The largest absolute Gasteiger partial charge is 0.380 e. The van der Waals surface area contributed by atoms with E-state index in [1.54, 1.807) is 7.11 Å². The molecule has 4 nitrogen and oxygen atoms in total. The lowest BCUT2D eigenvalue weighted by Crippen LogP contribution is -2.09. The Morgan fingerprint density at radius 2 is 2.31 bits per heavy atom. The molecule has 1 heterocycles. The summed E-state index contributed by atoms with van der Waals surface area (Å²) in [6.07, 6.45) is 0.895. The van der Waals surface area contributed by atoms with E-state index in [0.29, 0.717) is 6.61 Å². The zero-order valence-electron chi connectivity index (χ0n) is 9.66. The maximum atomic E-state index is 6.03. The number of fused-ring (bicyclic) bond motifs is 1. The zero-order valence-corrected chi connectivity index (χ0v) is 9.66. The average Bonchev–Trinajstić information content (AvgIpc) is 2.71. The third kappa shape index (κ3) is 1.94. The van der Waals surface area contributed by atoms with Crippen LogP contribution in [0.15, 0.2) is 18.2 Å². The number of H-pyrrole nitrogens is 1. The first-order chi connectivity index (χ1) is 7.76. The lowest BCUT2D eigenvalue weighted by molar-refractivity contribution is 0.185. The fourth-order valence-corrected chi connectivity index (χ4v) is 1.82. The molecule has 0 saturated heterocycles. The lowest BCUT2D eigenvalue weighted by Gasteiger charge is -2.06. The quantitative estimate of drug-likeness (QED) is 0.827. The summed E-state index contributed by atoms with van der Waals surface area (Å²) in [6, 6.07) is 6.12. The lowest BCUT2D eigenvalue weighted by atomic mass is 10.1. The van der Waals surface area contributed by atoms with Gasteiger partial charge in [-0.05, 0) is 24.1 Å². The predicted octanol–water partition coefficient (Wildman–Crippen LogP) is 2.12. The molecule has 0 aliphatic carbocycles. The van der Waals surface area contributed by atoms with Crippen LogP contribution in [0.4, 0.5) is 0 Å². The van der Waals surface area contributed by atoms with Crippen molar-refractivity contribution in [3.05, 3.63) is 29.5 Å². The molecule has 0 amide bonds. The van der Waals surface area contributed by atoms with Crippen molar-refractivity contribution in [2.45, 2.75) is 26.0 Å². The number of aromatic nitrogens is 2. The van der Waals surface area contributed by atoms with Crippen LogP contribution in [-0.4, -0.2) is 17.3 Å². The molecule has 86 valence electrons. The van der Waals surface area contributed by atoms with Crippen LogP contribution < -0.4 is 5.73 Å². The normalized spacial score (nSPS) is 13.2. The van der Waals surface area contributed by atoms with Gasteiger partial charge in [-0.25, -0.2) is 0 Å². The Labute approximate surface area is 94.8 Å². The molecular weight excluding hydrogens is 202 g/mol. The molecular formula is C12H17N3O. The number of hydrogen-bond donors (Lipinski definition) is 2. The van der Waals surface area contributed by atoms with Crippen LogP contribution >= 0.6 is 0 Å². The fraction of sp³-hybridized carbons (Fsp3) is 0.417. The molecule has 1 atom stereocenters. The Hall–Kier alpha value is -1.39. The van der Waals surface area contributed by atoms with Crippen molar-refractivity contribution in [2.75, 3.05) is 7.11 Å². The number of rotatable bonds is 4. The number of nitrogens with zero attached hydrogens (tertiary/aromatic N) is 1. The van der Waals surface area contributed by atoms with Gasteiger partial charge in [-0.2, -0.15) is 5.10 Å². The molecule has 0 spiro atoms. The van der Waals surface area contributed by atoms with E-state index in [1.165, 1.54) is 0 Å². The van der Waals surface area contributed by atoms with Gasteiger partial charge in [-0.15, -0.1) is 0 Å².